The van der Waals surface area contributed by atoms with E-state index in [4.69, 9.17) is 9.47 Å². The predicted molar refractivity (Wildman–Crippen MR) is 72.9 cm³/mol. The molecule has 1 aromatic carbocycles. The number of hydrogen-bond donors (Lipinski definition) is 0. The number of carbonyl (C=O) groups excluding carboxylic acids is 1. The number of methoxy groups -OCH3 is 2. The van der Waals surface area contributed by atoms with Crippen molar-refractivity contribution in [2.45, 2.75) is 39.5 Å². The molecule has 3 nitrogen and oxygen atoms in total. The summed E-state index contributed by atoms with van der Waals surface area (Å²) in [4.78, 5) is 11.3. The molecule has 100 valence electrons. The molecule has 1 aromatic rings. The van der Waals surface area contributed by atoms with Crippen LogP contribution >= 0.6 is 0 Å². The molecule has 0 amide bonds. The SMILES string of the molecule is CCCc1cc(OC)c(C=O)c(CCC)c1OC. The minimum Gasteiger partial charge on any atom is -0.496 e. The molecule has 0 spiro atoms. The smallest absolute Gasteiger partial charge is 0.154 e. The van der Waals surface area contributed by atoms with Crippen LogP contribution in [0.1, 0.15) is 48.2 Å². The van der Waals surface area contributed by atoms with Gasteiger partial charge in [0.25, 0.3) is 0 Å². The number of rotatable bonds is 7. The predicted octanol–water partition coefficient (Wildman–Crippen LogP) is 3.42. The van der Waals surface area contributed by atoms with Gasteiger partial charge in [-0.05, 0) is 24.5 Å². The Labute approximate surface area is 109 Å². The van der Waals surface area contributed by atoms with Crippen LogP contribution in [0.3, 0.4) is 0 Å². The molecule has 0 unspecified atom stereocenters. The van der Waals surface area contributed by atoms with Crippen molar-refractivity contribution >= 4 is 6.29 Å². The van der Waals surface area contributed by atoms with E-state index in [0.29, 0.717) is 11.3 Å². The first kappa shape index (κ1) is 14.6. The Balaban J connectivity index is 3.47. The molecule has 0 atom stereocenters. The van der Waals surface area contributed by atoms with Crippen LogP contribution < -0.4 is 9.47 Å². The molecular formula is C15H22O3. The summed E-state index contributed by atoms with van der Waals surface area (Å²) in [5, 5.41) is 0. The second-order valence-electron chi connectivity index (χ2n) is 4.28. The van der Waals surface area contributed by atoms with Gasteiger partial charge in [0.2, 0.25) is 0 Å². The highest BCUT2D eigenvalue weighted by molar-refractivity contribution is 5.84. The molecule has 1 rings (SSSR count). The van der Waals surface area contributed by atoms with Gasteiger partial charge in [-0.2, -0.15) is 0 Å². The van der Waals surface area contributed by atoms with Crippen LogP contribution in [0.2, 0.25) is 0 Å². The Morgan fingerprint density at radius 2 is 1.78 bits per heavy atom. The Morgan fingerprint density at radius 1 is 1.11 bits per heavy atom. The van der Waals surface area contributed by atoms with Crippen molar-refractivity contribution in [1.82, 2.24) is 0 Å². The van der Waals surface area contributed by atoms with Gasteiger partial charge in [-0.25, -0.2) is 0 Å². The molecule has 3 heteroatoms. The average molecular weight is 250 g/mol. The lowest BCUT2D eigenvalue weighted by Crippen LogP contribution is -2.04. The van der Waals surface area contributed by atoms with Gasteiger partial charge >= 0.3 is 0 Å². The first-order chi connectivity index (χ1) is 8.73. The van der Waals surface area contributed by atoms with Crippen LogP contribution in [0.15, 0.2) is 6.07 Å². The van der Waals surface area contributed by atoms with Gasteiger partial charge in [0.05, 0.1) is 19.8 Å². The summed E-state index contributed by atoms with van der Waals surface area (Å²) in [5.41, 5.74) is 2.71. The van der Waals surface area contributed by atoms with Crippen LogP contribution in [0.4, 0.5) is 0 Å². The van der Waals surface area contributed by atoms with Crippen molar-refractivity contribution in [3.63, 3.8) is 0 Å². The summed E-state index contributed by atoms with van der Waals surface area (Å²) in [6, 6.07) is 1.92. The molecule has 0 heterocycles. The number of aryl methyl sites for hydroxylation is 1. The standard InChI is InChI=1S/C15H22O3/c1-5-7-11-9-14(17-3)13(10-16)12(8-6-2)15(11)18-4/h9-10H,5-8H2,1-4H3. The maximum Gasteiger partial charge on any atom is 0.154 e. The molecule has 0 aliphatic carbocycles. The fourth-order valence-electron chi connectivity index (χ4n) is 2.27. The van der Waals surface area contributed by atoms with E-state index in [9.17, 15) is 4.79 Å². The van der Waals surface area contributed by atoms with Crippen LogP contribution in [-0.4, -0.2) is 20.5 Å². The average Bonchev–Trinajstić information content (AvgIpc) is 2.39. The lowest BCUT2D eigenvalue weighted by atomic mass is 9.96. The Bertz CT molecular complexity index is 411. The topological polar surface area (TPSA) is 35.5 Å². The number of hydrogen-bond acceptors (Lipinski definition) is 3. The van der Waals surface area contributed by atoms with Crippen LogP contribution in [0, 0.1) is 0 Å². The first-order valence-corrected chi connectivity index (χ1v) is 6.45. The molecule has 0 N–H and O–H groups in total. The van der Waals surface area contributed by atoms with Crippen molar-refractivity contribution in [2.75, 3.05) is 14.2 Å². The van der Waals surface area contributed by atoms with Gasteiger partial charge < -0.3 is 9.47 Å². The fourth-order valence-corrected chi connectivity index (χ4v) is 2.27. The number of aldehydes is 1. The highest BCUT2D eigenvalue weighted by Crippen LogP contribution is 2.35. The second-order valence-corrected chi connectivity index (χ2v) is 4.28. The molecule has 0 aliphatic rings. The number of ether oxygens (including phenoxy) is 2. The van der Waals surface area contributed by atoms with Crippen molar-refractivity contribution in [3.8, 4) is 11.5 Å². The van der Waals surface area contributed by atoms with E-state index >= 15 is 0 Å². The summed E-state index contributed by atoms with van der Waals surface area (Å²) in [5.74, 6) is 1.50. The van der Waals surface area contributed by atoms with Gasteiger partial charge in [-0.15, -0.1) is 0 Å². The van der Waals surface area contributed by atoms with Crippen molar-refractivity contribution < 1.29 is 14.3 Å². The van der Waals surface area contributed by atoms with E-state index < -0.39 is 0 Å². The minimum atomic E-state index is 0.621. The van der Waals surface area contributed by atoms with Crippen molar-refractivity contribution in [2.24, 2.45) is 0 Å². The van der Waals surface area contributed by atoms with Crippen molar-refractivity contribution in [3.05, 3.63) is 22.8 Å². The molecule has 0 radical (unpaired) electrons. The minimum absolute atomic E-state index is 0.621. The fraction of sp³-hybridized carbons (Fsp3) is 0.533. The third kappa shape index (κ3) is 2.84. The van der Waals surface area contributed by atoms with Gasteiger partial charge in [-0.1, -0.05) is 26.7 Å². The van der Waals surface area contributed by atoms with Crippen LogP contribution in [-0.2, 0) is 12.8 Å². The van der Waals surface area contributed by atoms with E-state index in [1.165, 1.54) is 0 Å². The third-order valence-electron chi connectivity index (χ3n) is 3.02. The van der Waals surface area contributed by atoms with Gasteiger partial charge in [0.15, 0.2) is 6.29 Å². The van der Waals surface area contributed by atoms with Gasteiger partial charge in [-0.3, -0.25) is 4.79 Å². The zero-order valence-corrected chi connectivity index (χ0v) is 11.7. The Morgan fingerprint density at radius 3 is 2.22 bits per heavy atom. The number of carbonyl (C=O) groups is 1. The first-order valence-electron chi connectivity index (χ1n) is 6.45. The second kappa shape index (κ2) is 7.04. The van der Waals surface area contributed by atoms with Crippen LogP contribution in [0.25, 0.3) is 0 Å². The molecule has 0 saturated carbocycles. The zero-order valence-electron chi connectivity index (χ0n) is 11.7. The molecular weight excluding hydrogens is 228 g/mol. The van der Waals surface area contributed by atoms with Crippen molar-refractivity contribution in [1.29, 1.82) is 0 Å². The number of benzene rings is 1. The highest BCUT2D eigenvalue weighted by Gasteiger charge is 2.18. The van der Waals surface area contributed by atoms with E-state index in [2.05, 4.69) is 13.8 Å². The lowest BCUT2D eigenvalue weighted by molar-refractivity contribution is 0.111. The normalized spacial score (nSPS) is 10.2. The highest BCUT2D eigenvalue weighted by atomic mass is 16.5. The molecule has 18 heavy (non-hydrogen) atoms. The maximum atomic E-state index is 11.3. The molecule has 0 bridgehead atoms. The molecule has 0 aromatic heterocycles. The molecule has 0 saturated heterocycles. The summed E-state index contributed by atoms with van der Waals surface area (Å²) in [7, 11) is 3.26. The van der Waals surface area contributed by atoms with Gasteiger partial charge in [0.1, 0.15) is 11.5 Å². The van der Waals surface area contributed by atoms with E-state index in [0.717, 1.165) is 48.8 Å². The van der Waals surface area contributed by atoms with E-state index in [1.807, 2.05) is 6.07 Å². The molecule has 0 fully saturated rings. The summed E-state index contributed by atoms with van der Waals surface area (Å²) in [6.45, 7) is 4.21. The van der Waals surface area contributed by atoms with Gasteiger partial charge in [0, 0.05) is 5.56 Å². The Kier molecular flexibility index (Phi) is 5.69. The van der Waals surface area contributed by atoms with E-state index in [1.54, 1.807) is 14.2 Å². The maximum absolute atomic E-state index is 11.3. The zero-order chi connectivity index (χ0) is 13.5. The largest absolute Gasteiger partial charge is 0.496 e. The third-order valence-corrected chi connectivity index (χ3v) is 3.02. The summed E-state index contributed by atoms with van der Waals surface area (Å²) in [6.07, 6.45) is 4.62. The van der Waals surface area contributed by atoms with Crippen LogP contribution in [0.5, 0.6) is 11.5 Å². The summed E-state index contributed by atoms with van der Waals surface area (Å²) >= 11 is 0. The monoisotopic (exact) mass is 250 g/mol. The van der Waals surface area contributed by atoms with E-state index in [-0.39, 0.29) is 0 Å². The molecule has 0 aliphatic heterocycles. The Hall–Kier alpha value is -1.51. The quantitative estimate of drug-likeness (QED) is 0.695. The summed E-state index contributed by atoms with van der Waals surface area (Å²) < 4.78 is 10.8. The lowest BCUT2D eigenvalue weighted by Gasteiger charge is -2.17.